The third kappa shape index (κ3) is 3.20. The SMILES string of the molecule is O=C1/C(=C/c2ccc(I)cc2)SC(=S)N1c1ccccc1. The van der Waals surface area contributed by atoms with Gasteiger partial charge in [0.1, 0.15) is 0 Å². The minimum absolute atomic E-state index is 0.0604. The topological polar surface area (TPSA) is 20.3 Å². The number of thiocarbonyl (C=S) groups is 1. The van der Waals surface area contributed by atoms with E-state index in [-0.39, 0.29) is 5.91 Å². The smallest absolute Gasteiger partial charge is 0.268 e. The highest BCUT2D eigenvalue weighted by Crippen LogP contribution is 2.35. The summed E-state index contributed by atoms with van der Waals surface area (Å²) < 4.78 is 1.74. The number of carbonyl (C=O) groups excluding carboxylic acids is 1. The van der Waals surface area contributed by atoms with Crippen molar-refractivity contribution in [2.24, 2.45) is 0 Å². The molecule has 0 unspecified atom stereocenters. The molecule has 0 spiro atoms. The lowest BCUT2D eigenvalue weighted by Gasteiger charge is -2.13. The number of thioether (sulfide) groups is 1. The Bertz CT molecular complexity index is 726. The first-order chi connectivity index (χ1) is 10.1. The number of anilines is 1. The Balaban J connectivity index is 1.92. The van der Waals surface area contributed by atoms with Crippen molar-refractivity contribution in [1.29, 1.82) is 0 Å². The van der Waals surface area contributed by atoms with Gasteiger partial charge in [-0.25, -0.2) is 0 Å². The molecule has 21 heavy (non-hydrogen) atoms. The second-order valence-corrected chi connectivity index (χ2v) is 7.33. The number of halogens is 1. The van der Waals surface area contributed by atoms with Gasteiger partial charge in [0.25, 0.3) is 5.91 Å². The van der Waals surface area contributed by atoms with Gasteiger partial charge in [-0.1, -0.05) is 54.3 Å². The van der Waals surface area contributed by atoms with Crippen LogP contribution >= 0.6 is 46.6 Å². The molecule has 0 atom stereocenters. The van der Waals surface area contributed by atoms with Crippen LogP contribution in [0.15, 0.2) is 59.5 Å². The molecule has 2 nitrogen and oxygen atoms in total. The molecule has 0 radical (unpaired) electrons. The lowest BCUT2D eigenvalue weighted by atomic mass is 10.2. The van der Waals surface area contributed by atoms with E-state index in [2.05, 4.69) is 22.6 Å². The van der Waals surface area contributed by atoms with Crippen LogP contribution in [0.1, 0.15) is 5.56 Å². The number of amides is 1. The van der Waals surface area contributed by atoms with Crippen LogP contribution in [-0.4, -0.2) is 10.2 Å². The number of hydrogen-bond donors (Lipinski definition) is 0. The zero-order valence-electron chi connectivity index (χ0n) is 10.8. The molecular formula is C16H10INOS2. The summed E-state index contributed by atoms with van der Waals surface area (Å²) >= 11 is 8.94. The molecule has 0 aliphatic carbocycles. The average Bonchev–Trinajstić information content (AvgIpc) is 2.77. The van der Waals surface area contributed by atoms with Crippen molar-refractivity contribution in [3.05, 3.63) is 68.6 Å². The van der Waals surface area contributed by atoms with Crippen molar-refractivity contribution in [2.75, 3.05) is 4.90 Å². The third-order valence-corrected chi connectivity index (χ3v) is 5.00. The molecule has 1 heterocycles. The van der Waals surface area contributed by atoms with Gasteiger partial charge in [-0.15, -0.1) is 0 Å². The molecule has 5 heteroatoms. The Hall–Kier alpha value is -1.18. The second-order valence-electron chi connectivity index (χ2n) is 4.40. The fraction of sp³-hybridized carbons (Fsp3) is 0. The minimum atomic E-state index is -0.0604. The van der Waals surface area contributed by atoms with Crippen molar-refractivity contribution >= 4 is 68.6 Å². The van der Waals surface area contributed by atoms with Crippen LogP contribution in [0.5, 0.6) is 0 Å². The fourth-order valence-corrected chi connectivity index (χ4v) is 3.64. The Morgan fingerprint density at radius 2 is 1.71 bits per heavy atom. The van der Waals surface area contributed by atoms with E-state index in [1.807, 2.05) is 60.7 Å². The zero-order valence-corrected chi connectivity index (χ0v) is 14.6. The molecule has 1 aliphatic rings. The van der Waals surface area contributed by atoms with Crippen LogP contribution in [-0.2, 0) is 4.79 Å². The van der Waals surface area contributed by atoms with E-state index in [9.17, 15) is 4.79 Å². The van der Waals surface area contributed by atoms with E-state index in [0.717, 1.165) is 11.3 Å². The number of benzene rings is 2. The fourth-order valence-electron chi connectivity index (χ4n) is 1.98. The highest BCUT2D eigenvalue weighted by molar-refractivity contribution is 14.1. The van der Waals surface area contributed by atoms with Gasteiger partial charge in [0.2, 0.25) is 0 Å². The van der Waals surface area contributed by atoms with E-state index in [1.165, 1.54) is 15.3 Å². The maximum absolute atomic E-state index is 12.5. The molecule has 1 amide bonds. The zero-order chi connectivity index (χ0) is 14.8. The quantitative estimate of drug-likeness (QED) is 0.397. The summed E-state index contributed by atoms with van der Waals surface area (Å²) in [6.07, 6.45) is 1.89. The predicted molar refractivity (Wildman–Crippen MR) is 101 cm³/mol. The molecule has 0 aromatic heterocycles. The van der Waals surface area contributed by atoms with Crippen LogP contribution in [0.3, 0.4) is 0 Å². The molecule has 1 saturated heterocycles. The highest BCUT2D eigenvalue weighted by Gasteiger charge is 2.33. The first-order valence-corrected chi connectivity index (χ1v) is 8.54. The van der Waals surface area contributed by atoms with Gasteiger partial charge in [-0.2, -0.15) is 0 Å². The summed E-state index contributed by atoms with van der Waals surface area (Å²) in [5.74, 6) is -0.0604. The minimum Gasteiger partial charge on any atom is -0.268 e. The van der Waals surface area contributed by atoms with Crippen LogP contribution in [0, 0.1) is 3.57 Å². The molecule has 2 aromatic rings. The summed E-state index contributed by atoms with van der Waals surface area (Å²) in [7, 11) is 0. The van der Waals surface area contributed by atoms with Gasteiger partial charge in [0.05, 0.1) is 10.6 Å². The molecular weight excluding hydrogens is 413 g/mol. The summed E-state index contributed by atoms with van der Waals surface area (Å²) in [5, 5.41) is 0. The first-order valence-electron chi connectivity index (χ1n) is 6.24. The van der Waals surface area contributed by atoms with Crippen molar-refractivity contribution < 1.29 is 4.79 Å². The molecule has 3 rings (SSSR count). The predicted octanol–water partition coefficient (Wildman–Crippen LogP) is 4.70. The summed E-state index contributed by atoms with van der Waals surface area (Å²) in [5.41, 5.74) is 1.81. The number of hydrogen-bond acceptors (Lipinski definition) is 3. The molecule has 1 fully saturated rings. The molecule has 104 valence electrons. The van der Waals surface area contributed by atoms with Gasteiger partial charge >= 0.3 is 0 Å². The summed E-state index contributed by atoms with van der Waals surface area (Å²) in [6.45, 7) is 0. The van der Waals surface area contributed by atoms with Gasteiger partial charge in [0.15, 0.2) is 4.32 Å². The Labute approximate surface area is 146 Å². The number of rotatable bonds is 2. The van der Waals surface area contributed by atoms with E-state index in [0.29, 0.717) is 9.23 Å². The second kappa shape index (κ2) is 6.29. The van der Waals surface area contributed by atoms with E-state index < -0.39 is 0 Å². The van der Waals surface area contributed by atoms with Gasteiger partial charge in [-0.3, -0.25) is 9.69 Å². The van der Waals surface area contributed by atoms with E-state index >= 15 is 0 Å². The number of carbonyl (C=O) groups is 1. The van der Waals surface area contributed by atoms with Gasteiger partial charge in [0, 0.05) is 3.57 Å². The van der Waals surface area contributed by atoms with Gasteiger partial charge in [-0.05, 0) is 58.5 Å². The van der Waals surface area contributed by atoms with Crippen LogP contribution in [0.2, 0.25) is 0 Å². The third-order valence-electron chi connectivity index (χ3n) is 2.98. The summed E-state index contributed by atoms with van der Waals surface area (Å²) in [6, 6.07) is 17.5. The van der Waals surface area contributed by atoms with Crippen molar-refractivity contribution in [2.45, 2.75) is 0 Å². The van der Waals surface area contributed by atoms with Crippen LogP contribution < -0.4 is 4.90 Å². The maximum atomic E-state index is 12.5. The lowest BCUT2D eigenvalue weighted by molar-refractivity contribution is -0.113. The van der Waals surface area contributed by atoms with Crippen LogP contribution in [0.25, 0.3) is 6.08 Å². The molecule has 2 aromatic carbocycles. The normalized spacial score (nSPS) is 16.8. The van der Waals surface area contributed by atoms with Crippen molar-refractivity contribution in [3.63, 3.8) is 0 Å². The maximum Gasteiger partial charge on any atom is 0.270 e. The molecule has 1 aliphatic heterocycles. The Morgan fingerprint density at radius 1 is 1.05 bits per heavy atom. The number of nitrogens with zero attached hydrogens (tertiary/aromatic N) is 1. The van der Waals surface area contributed by atoms with Crippen LogP contribution in [0.4, 0.5) is 5.69 Å². The van der Waals surface area contributed by atoms with E-state index in [4.69, 9.17) is 12.2 Å². The largest absolute Gasteiger partial charge is 0.270 e. The Morgan fingerprint density at radius 3 is 2.38 bits per heavy atom. The first kappa shape index (κ1) is 14.7. The van der Waals surface area contributed by atoms with Crippen molar-refractivity contribution in [1.82, 2.24) is 0 Å². The monoisotopic (exact) mass is 423 g/mol. The molecule has 0 bridgehead atoms. The lowest BCUT2D eigenvalue weighted by Crippen LogP contribution is -2.27. The van der Waals surface area contributed by atoms with Crippen molar-refractivity contribution in [3.8, 4) is 0 Å². The molecule has 0 saturated carbocycles. The van der Waals surface area contributed by atoms with Gasteiger partial charge < -0.3 is 0 Å². The Kier molecular flexibility index (Phi) is 4.42. The number of para-hydroxylation sites is 1. The summed E-state index contributed by atoms with van der Waals surface area (Å²) in [4.78, 5) is 14.8. The standard InChI is InChI=1S/C16H10INOS2/c17-12-8-6-11(7-9-12)10-14-15(19)18(16(20)21-14)13-4-2-1-3-5-13/h1-10H/b14-10-. The van der Waals surface area contributed by atoms with E-state index in [1.54, 1.807) is 4.90 Å². The average molecular weight is 423 g/mol. The highest BCUT2D eigenvalue weighted by atomic mass is 127. The molecule has 0 N–H and O–H groups in total.